The molecule has 0 spiro atoms. The van der Waals surface area contributed by atoms with Crippen molar-refractivity contribution < 1.29 is 14.7 Å². The van der Waals surface area contributed by atoms with Crippen molar-refractivity contribution in [1.29, 1.82) is 0 Å². The number of nitrogens with one attached hydrogen (secondary N) is 1. The standard InChI is InChI=1S/C33H50N2O3S/c1-9-33(8,30(38)34-24-14-11-10-12-15-24)35(22-25-16-13-19-39-25)28(36)18-17-23-20-26(31(2,3)4)29(37)27(21-23)32(5,6)7/h13,16,19-21,24,37H,9-12,14-15,17-18,22H2,1-8H3,(H,34,38)/t33-/m0/s1. The predicted molar refractivity (Wildman–Crippen MR) is 162 cm³/mol. The molecular formula is C33H50N2O3S. The van der Waals surface area contributed by atoms with Gasteiger partial charge in [-0.05, 0) is 71.6 Å². The third-order valence-electron chi connectivity index (χ3n) is 8.32. The molecule has 6 heteroatoms. The molecule has 5 nitrogen and oxygen atoms in total. The Hall–Kier alpha value is -2.34. The summed E-state index contributed by atoms with van der Waals surface area (Å²) in [6, 6.07) is 8.32. The molecule has 0 saturated heterocycles. The van der Waals surface area contributed by atoms with Crippen molar-refractivity contribution in [2.24, 2.45) is 0 Å². The molecule has 1 fully saturated rings. The number of carbonyl (C=O) groups excluding carboxylic acids is 2. The summed E-state index contributed by atoms with van der Waals surface area (Å²) in [6.45, 7) is 17.0. The molecule has 2 amide bonds. The van der Waals surface area contributed by atoms with E-state index in [-0.39, 0.29) is 28.7 Å². The number of phenolic OH excluding ortho intramolecular Hbond substituents is 1. The van der Waals surface area contributed by atoms with Gasteiger partial charge in [-0.1, -0.05) is 85.9 Å². The maximum absolute atomic E-state index is 14.0. The highest BCUT2D eigenvalue weighted by atomic mass is 32.1. The quantitative estimate of drug-likeness (QED) is 0.335. The normalized spacial score (nSPS) is 16.5. The third kappa shape index (κ3) is 7.65. The second-order valence-electron chi connectivity index (χ2n) is 13.5. The Morgan fingerprint density at radius 2 is 1.59 bits per heavy atom. The maximum atomic E-state index is 14.0. The zero-order valence-electron chi connectivity index (χ0n) is 25.4. The van der Waals surface area contributed by atoms with Gasteiger partial charge in [0.25, 0.3) is 0 Å². The number of phenols is 1. The average Bonchev–Trinajstić information content (AvgIpc) is 3.38. The number of nitrogens with zero attached hydrogens (tertiary/aromatic N) is 1. The minimum Gasteiger partial charge on any atom is -0.507 e. The molecule has 1 aliphatic rings. The van der Waals surface area contributed by atoms with E-state index in [0.29, 0.717) is 31.6 Å². The predicted octanol–water partition coefficient (Wildman–Crippen LogP) is 7.63. The van der Waals surface area contributed by atoms with E-state index in [2.05, 4.69) is 59.0 Å². The Morgan fingerprint density at radius 3 is 2.08 bits per heavy atom. The Kier molecular flexibility index (Phi) is 9.96. The van der Waals surface area contributed by atoms with Gasteiger partial charge in [0.15, 0.2) is 0 Å². The first-order valence-corrected chi connectivity index (χ1v) is 15.6. The van der Waals surface area contributed by atoms with Gasteiger partial charge in [0.2, 0.25) is 11.8 Å². The molecule has 0 unspecified atom stereocenters. The van der Waals surface area contributed by atoms with Crippen LogP contribution in [0.25, 0.3) is 0 Å². The number of hydrogen-bond acceptors (Lipinski definition) is 4. The number of aryl methyl sites for hydroxylation is 1. The molecule has 3 rings (SSSR count). The summed E-state index contributed by atoms with van der Waals surface area (Å²) >= 11 is 1.61. The molecule has 0 aliphatic heterocycles. The van der Waals surface area contributed by atoms with Gasteiger partial charge < -0.3 is 15.3 Å². The number of thiophene rings is 1. The summed E-state index contributed by atoms with van der Waals surface area (Å²) in [7, 11) is 0. The first kappa shape index (κ1) is 31.2. The molecule has 2 N–H and O–H groups in total. The van der Waals surface area contributed by atoms with Gasteiger partial charge in [-0.2, -0.15) is 0 Å². The van der Waals surface area contributed by atoms with E-state index >= 15 is 0 Å². The fourth-order valence-corrected chi connectivity index (χ4v) is 6.22. The SMILES string of the molecule is CC[C@@](C)(C(=O)NC1CCCCC1)N(Cc1cccs1)C(=O)CCc1cc(C(C)(C)C)c(O)c(C(C)(C)C)c1. The average molecular weight is 555 g/mol. The van der Waals surface area contributed by atoms with E-state index in [9.17, 15) is 14.7 Å². The summed E-state index contributed by atoms with van der Waals surface area (Å²) in [5.74, 6) is 0.285. The zero-order chi connectivity index (χ0) is 29.0. The van der Waals surface area contributed by atoms with Crippen LogP contribution in [0.5, 0.6) is 5.75 Å². The van der Waals surface area contributed by atoms with Gasteiger partial charge in [0.05, 0.1) is 6.54 Å². The second-order valence-corrected chi connectivity index (χ2v) is 14.6. The van der Waals surface area contributed by atoms with E-state index in [4.69, 9.17) is 0 Å². The number of aromatic hydroxyl groups is 1. The molecule has 1 saturated carbocycles. The maximum Gasteiger partial charge on any atom is 0.245 e. The monoisotopic (exact) mass is 554 g/mol. The van der Waals surface area contributed by atoms with Gasteiger partial charge in [0.1, 0.15) is 11.3 Å². The van der Waals surface area contributed by atoms with Crippen LogP contribution in [0.3, 0.4) is 0 Å². The highest BCUT2D eigenvalue weighted by molar-refractivity contribution is 7.09. The van der Waals surface area contributed by atoms with Crippen molar-refractivity contribution in [3.8, 4) is 5.75 Å². The largest absolute Gasteiger partial charge is 0.507 e. The first-order valence-electron chi connectivity index (χ1n) is 14.7. The van der Waals surface area contributed by atoms with Crippen molar-refractivity contribution in [2.45, 2.75) is 136 Å². The summed E-state index contributed by atoms with van der Waals surface area (Å²) in [5, 5.41) is 16.4. The first-order chi connectivity index (χ1) is 18.2. The van der Waals surface area contributed by atoms with Crippen LogP contribution < -0.4 is 5.32 Å². The Bertz CT molecular complexity index is 1090. The van der Waals surface area contributed by atoms with E-state index in [1.807, 2.05) is 36.3 Å². The lowest BCUT2D eigenvalue weighted by Crippen LogP contribution is -2.59. The fourth-order valence-electron chi connectivity index (χ4n) is 5.53. The lowest BCUT2D eigenvalue weighted by Gasteiger charge is -2.41. The summed E-state index contributed by atoms with van der Waals surface area (Å²) in [5.41, 5.74) is 1.45. The van der Waals surface area contributed by atoms with Crippen LogP contribution in [0, 0.1) is 0 Å². The molecule has 0 radical (unpaired) electrons. The number of benzene rings is 1. The van der Waals surface area contributed by atoms with Gasteiger partial charge in [-0.15, -0.1) is 11.3 Å². The van der Waals surface area contributed by atoms with Crippen LogP contribution in [0.4, 0.5) is 0 Å². The van der Waals surface area contributed by atoms with Gasteiger partial charge >= 0.3 is 0 Å². The van der Waals surface area contributed by atoms with E-state index in [0.717, 1.165) is 47.3 Å². The van der Waals surface area contributed by atoms with Crippen LogP contribution in [0.2, 0.25) is 0 Å². The van der Waals surface area contributed by atoms with Crippen molar-refractivity contribution >= 4 is 23.2 Å². The molecule has 0 bridgehead atoms. The van der Waals surface area contributed by atoms with E-state index in [1.165, 1.54) is 6.42 Å². The molecule has 1 aromatic heterocycles. The van der Waals surface area contributed by atoms with Crippen molar-refractivity contribution in [3.05, 3.63) is 51.2 Å². The number of rotatable bonds is 9. The minimum absolute atomic E-state index is 0.0192. The van der Waals surface area contributed by atoms with Crippen molar-refractivity contribution in [2.75, 3.05) is 0 Å². The fraction of sp³-hybridized carbons (Fsp3) is 0.636. The molecule has 1 heterocycles. The van der Waals surface area contributed by atoms with Gasteiger partial charge in [-0.25, -0.2) is 0 Å². The lowest BCUT2D eigenvalue weighted by atomic mass is 9.78. The summed E-state index contributed by atoms with van der Waals surface area (Å²) in [6.07, 6.45) is 6.94. The lowest BCUT2D eigenvalue weighted by molar-refractivity contribution is -0.148. The molecule has 1 atom stereocenters. The van der Waals surface area contributed by atoms with Gasteiger partial charge in [0, 0.05) is 17.3 Å². The number of hydrogen-bond donors (Lipinski definition) is 2. The molecule has 39 heavy (non-hydrogen) atoms. The Balaban J connectivity index is 1.89. The van der Waals surface area contributed by atoms with Crippen LogP contribution in [-0.4, -0.2) is 33.4 Å². The highest BCUT2D eigenvalue weighted by Crippen LogP contribution is 2.40. The third-order valence-corrected chi connectivity index (χ3v) is 9.18. The molecule has 2 aromatic rings. The molecular weight excluding hydrogens is 504 g/mol. The zero-order valence-corrected chi connectivity index (χ0v) is 26.3. The topological polar surface area (TPSA) is 69.6 Å². The second kappa shape index (κ2) is 12.4. The Morgan fingerprint density at radius 1 is 1.00 bits per heavy atom. The number of amides is 2. The van der Waals surface area contributed by atoms with Crippen LogP contribution in [0.15, 0.2) is 29.6 Å². The Labute approximate surface area is 240 Å². The van der Waals surface area contributed by atoms with Crippen molar-refractivity contribution in [3.63, 3.8) is 0 Å². The van der Waals surface area contributed by atoms with Crippen LogP contribution in [-0.2, 0) is 33.4 Å². The van der Waals surface area contributed by atoms with Crippen LogP contribution in [0.1, 0.15) is 122 Å². The van der Waals surface area contributed by atoms with Gasteiger partial charge in [-0.3, -0.25) is 9.59 Å². The van der Waals surface area contributed by atoms with E-state index in [1.54, 1.807) is 11.3 Å². The number of carbonyl (C=O) groups is 2. The van der Waals surface area contributed by atoms with Crippen molar-refractivity contribution in [1.82, 2.24) is 10.2 Å². The molecule has 1 aromatic carbocycles. The molecule has 216 valence electrons. The minimum atomic E-state index is -0.930. The van der Waals surface area contributed by atoms with Crippen LogP contribution >= 0.6 is 11.3 Å². The molecule has 1 aliphatic carbocycles. The smallest absolute Gasteiger partial charge is 0.245 e. The summed E-state index contributed by atoms with van der Waals surface area (Å²) in [4.78, 5) is 30.6. The highest BCUT2D eigenvalue weighted by Gasteiger charge is 2.41. The summed E-state index contributed by atoms with van der Waals surface area (Å²) < 4.78 is 0. The van der Waals surface area contributed by atoms with E-state index < -0.39 is 5.54 Å².